The molecule has 3 rings (SSSR count). The van der Waals surface area contributed by atoms with Crippen molar-refractivity contribution in [1.29, 1.82) is 5.26 Å². The maximum absolute atomic E-state index is 12.4. The molecule has 5 heteroatoms. The molecule has 0 spiro atoms. The molecule has 0 bridgehead atoms. The standard InChI is InChI=1S/C16H11N3O2/c17-9-10-4-5-14(20)13(8-10)19-16(21)12-3-1-2-11-6-7-18-15(11)12/h1-8,18,20H,(H,19,21). The summed E-state index contributed by atoms with van der Waals surface area (Å²) in [5, 5.41) is 22.2. The number of benzene rings is 2. The van der Waals surface area contributed by atoms with Gasteiger partial charge in [0.05, 0.1) is 28.4 Å². The molecule has 1 amide bonds. The second-order valence-corrected chi connectivity index (χ2v) is 4.55. The van der Waals surface area contributed by atoms with E-state index in [9.17, 15) is 9.90 Å². The normalized spacial score (nSPS) is 10.2. The number of para-hydroxylation sites is 1. The van der Waals surface area contributed by atoms with Crippen molar-refractivity contribution >= 4 is 22.5 Å². The highest BCUT2D eigenvalue weighted by molar-refractivity contribution is 6.12. The fourth-order valence-electron chi connectivity index (χ4n) is 2.17. The number of carbonyl (C=O) groups excluding carboxylic acids is 1. The summed E-state index contributed by atoms with van der Waals surface area (Å²) in [4.78, 5) is 15.4. The summed E-state index contributed by atoms with van der Waals surface area (Å²) in [6.45, 7) is 0. The van der Waals surface area contributed by atoms with E-state index in [1.54, 1.807) is 18.3 Å². The van der Waals surface area contributed by atoms with Gasteiger partial charge in [0, 0.05) is 11.6 Å². The van der Waals surface area contributed by atoms with Crippen molar-refractivity contribution in [3.63, 3.8) is 0 Å². The zero-order valence-electron chi connectivity index (χ0n) is 10.9. The Bertz CT molecular complexity index is 875. The van der Waals surface area contributed by atoms with Gasteiger partial charge >= 0.3 is 0 Å². The van der Waals surface area contributed by atoms with E-state index in [1.807, 2.05) is 18.2 Å². The molecule has 0 aliphatic rings. The molecule has 1 aromatic heterocycles. The molecule has 2 aromatic carbocycles. The van der Waals surface area contributed by atoms with Crippen molar-refractivity contribution in [3.05, 3.63) is 59.8 Å². The summed E-state index contributed by atoms with van der Waals surface area (Å²) in [5.74, 6) is -0.436. The molecule has 0 saturated heterocycles. The number of anilines is 1. The predicted octanol–water partition coefficient (Wildman–Crippen LogP) is 3.00. The molecule has 0 aliphatic carbocycles. The third-order valence-electron chi connectivity index (χ3n) is 3.21. The maximum Gasteiger partial charge on any atom is 0.257 e. The minimum atomic E-state index is -0.353. The molecule has 5 nitrogen and oxygen atoms in total. The van der Waals surface area contributed by atoms with E-state index >= 15 is 0 Å². The molecule has 102 valence electrons. The molecule has 0 atom stereocenters. The first kappa shape index (κ1) is 12.8. The van der Waals surface area contributed by atoms with Gasteiger partial charge in [0.15, 0.2) is 0 Å². The SMILES string of the molecule is N#Cc1ccc(O)c(NC(=O)c2cccc3cc[nH]c23)c1. The summed E-state index contributed by atoms with van der Waals surface area (Å²) >= 11 is 0. The fraction of sp³-hybridized carbons (Fsp3) is 0. The second-order valence-electron chi connectivity index (χ2n) is 4.55. The minimum Gasteiger partial charge on any atom is -0.506 e. The molecule has 1 heterocycles. The number of H-pyrrole nitrogens is 1. The van der Waals surface area contributed by atoms with Crippen LogP contribution in [-0.2, 0) is 0 Å². The van der Waals surface area contributed by atoms with Crippen LogP contribution in [0.5, 0.6) is 5.75 Å². The molecular formula is C16H11N3O2. The van der Waals surface area contributed by atoms with Gasteiger partial charge in [0.1, 0.15) is 5.75 Å². The number of carbonyl (C=O) groups is 1. The number of hydrogen-bond acceptors (Lipinski definition) is 3. The summed E-state index contributed by atoms with van der Waals surface area (Å²) in [7, 11) is 0. The number of aromatic hydroxyl groups is 1. The lowest BCUT2D eigenvalue weighted by molar-refractivity contribution is 0.102. The summed E-state index contributed by atoms with van der Waals surface area (Å²) in [6.07, 6.45) is 1.76. The van der Waals surface area contributed by atoms with Crippen LogP contribution in [0, 0.1) is 11.3 Å². The molecule has 0 saturated carbocycles. The van der Waals surface area contributed by atoms with Crippen LogP contribution < -0.4 is 5.32 Å². The van der Waals surface area contributed by atoms with Crippen molar-refractivity contribution in [1.82, 2.24) is 4.98 Å². The first-order chi connectivity index (χ1) is 10.2. The van der Waals surface area contributed by atoms with Crippen molar-refractivity contribution in [2.75, 3.05) is 5.32 Å². The summed E-state index contributed by atoms with van der Waals surface area (Å²) in [5.41, 5.74) is 1.77. The first-order valence-electron chi connectivity index (χ1n) is 6.29. The molecule has 3 N–H and O–H groups in total. The average molecular weight is 277 g/mol. The smallest absolute Gasteiger partial charge is 0.257 e. The van der Waals surface area contributed by atoms with Gasteiger partial charge in [-0.05, 0) is 30.3 Å². The number of phenolic OH excluding ortho intramolecular Hbond substituents is 1. The third kappa shape index (κ3) is 2.30. The number of aromatic amines is 1. The third-order valence-corrected chi connectivity index (χ3v) is 3.21. The van der Waals surface area contributed by atoms with Crippen LogP contribution in [0.4, 0.5) is 5.69 Å². The van der Waals surface area contributed by atoms with Crippen LogP contribution in [-0.4, -0.2) is 16.0 Å². The van der Waals surface area contributed by atoms with Crippen LogP contribution in [0.25, 0.3) is 10.9 Å². The van der Waals surface area contributed by atoms with Gasteiger partial charge < -0.3 is 15.4 Å². The van der Waals surface area contributed by atoms with Gasteiger partial charge in [0.25, 0.3) is 5.91 Å². The number of amides is 1. The monoisotopic (exact) mass is 277 g/mol. The quantitative estimate of drug-likeness (QED) is 0.629. The number of fused-ring (bicyclic) bond motifs is 1. The lowest BCUT2D eigenvalue weighted by Gasteiger charge is -2.08. The van der Waals surface area contributed by atoms with Gasteiger partial charge in [-0.2, -0.15) is 5.26 Å². The lowest BCUT2D eigenvalue weighted by Crippen LogP contribution is -2.12. The Morgan fingerprint density at radius 1 is 1.24 bits per heavy atom. The summed E-state index contributed by atoms with van der Waals surface area (Å²) < 4.78 is 0. The molecular weight excluding hydrogens is 266 g/mol. The number of phenols is 1. The highest BCUT2D eigenvalue weighted by Gasteiger charge is 2.13. The molecule has 0 fully saturated rings. The molecule has 0 aliphatic heterocycles. The maximum atomic E-state index is 12.4. The highest BCUT2D eigenvalue weighted by Crippen LogP contribution is 2.25. The van der Waals surface area contributed by atoms with E-state index in [2.05, 4.69) is 10.3 Å². The van der Waals surface area contributed by atoms with Gasteiger partial charge in [-0.25, -0.2) is 0 Å². The highest BCUT2D eigenvalue weighted by atomic mass is 16.3. The van der Waals surface area contributed by atoms with Gasteiger partial charge in [-0.1, -0.05) is 12.1 Å². The van der Waals surface area contributed by atoms with E-state index in [0.29, 0.717) is 11.1 Å². The fourth-order valence-corrected chi connectivity index (χ4v) is 2.17. The zero-order valence-corrected chi connectivity index (χ0v) is 10.9. The Labute approximate surface area is 120 Å². The van der Waals surface area contributed by atoms with E-state index in [0.717, 1.165) is 10.9 Å². The van der Waals surface area contributed by atoms with Crippen molar-refractivity contribution < 1.29 is 9.90 Å². The average Bonchev–Trinajstić information content (AvgIpc) is 2.97. The summed E-state index contributed by atoms with van der Waals surface area (Å²) in [6, 6.07) is 13.5. The van der Waals surface area contributed by atoms with Gasteiger partial charge in [0.2, 0.25) is 0 Å². The second kappa shape index (κ2) is 5.02. The van der Waals surface area contributed by atoms with Crippen LogP contribution >= 0.6 is 0 Å². The van der Waals surface area contributed by atoms with Crippen molar-refractivity contribution in [3.8, 4) is 11.8 Å². The Balaban J connectivity index is 1.97. The molecule has 0 unspecified atom stereocenters. The lowest BCUT2D eigenvalue weighted by atomic mass is 10.1. The number of nitrogens with one attached hydrogen (secondary N) is 2. The topological polar surface area (TPSA) is 88.9 Å². The van der Waals surface area contributed by atoms with Crippen molar-refractivity contribution in [2.45, 2.75) is 0 Å². The van der Waals surface area contributed by atoms with Crippen LogP contribution in [0.3, 0.4) is 0 Å². The molecule has 0 radical (unpaired) electrons. The van der Waals surface area contributed by atoms with E-state index < -0.39 is 0 Å². The van der Waals surface area contributed by atoms with E-state index in [-0.39, 0.29) is 17.3 Å². The Hall–Kier alpha value is -3.26. The number of nitriles is 1. The minimum absolute atomic E-state index is 0.0824. The van der Waals surface area contributed by atoms with Gasteiger partial charge in [-0.15, -0.1) is 0 Å². The number of nitrogens with zero attached hydrogens (tertiary/aromatic N) is 1. The Morgan fingerprint density at radius 3 is 2.90 bits per heavy atom. The zero-order chi connectivity index (χ0) is 14.8. The van der Waals surface area contributed by atoms with Crippen LogP contribution in [0.2, 0.25) is 0 Å². The van der Waals surface area contributed by atoms with Gasteiger partial charge in [-0.3, -0.25) is 4.79 Å². The largest absolute Gasteiger partial charge is 0.506 e. The van der Waals surface area contributed by atoms with E-state index in [1.165, 1.54) is 18.2 Å². The first-order valence-corrected chi connectivity index (χ1v) is 6.29. The van der Waals surface area contributed by atoms with Crippen LogP contribution in [0.1, 0.15) is 15.9 Å². The number of hydrogen-bond donors (Lipinski definition) is 3. The Kier molecular flexibility index (Phi) is 3.05. The van der Waals surface area contributed by atoms with Crippen LogP contribution in [0.15, 0.2) is 48.7 Å². The van der Waals surface area contributed by atoms with E-state index in [4.69, 9.17) is 5.26 Å². The molecule has 21 heavy (non-hydrogen) atoms. The Morgan fingerprint density at radius 2 is 2.10 bits per heavy atom. The van der Waals surface area contributed by atoms with Crippen molar-refractivity contribution in [2.24, 2.45) is 0 Å². The number of rotatable bonds is 2. The molecule has 3 aromatic rings. The predicted molar refractivity (Wildman–Crippen MR) is 79.1 cm³/mol. The number of aromatic nitrogens is 1.